The van der Waals surface area contributed by atoms with Gasteiger partial charge in [0.2, 0.25) is 5.91 Å². The lowest BCUT2D eigenvalue weighted by atomic mass is 10.1. The summed E-state index contributed by atoms with van der Waals surface area (Å²) in [5.41, 5.74) is 5.35. The fraction of sp³-hybridized carbons (Fsp3) is 0.316. The van der Waals surface area contributed by atoms with Crippen molar-refractivity contribution in [1.82, 2.24) is 0 Å². The first-order chi connectivity index (χ1) is 10.5. The summed E-state index contributed by atoms with van der Waals surface area (Å²) >= 11 is 0. The van der Waals surface area contributed by atoms with Crippen LogP contribution >= 0.6 is 0 Å². The van der Waals surface area contributed by atoms with Gasteiger partial charge < -0.3 is 10.1 Å². The maximum atomic E-state index is 12.1. The van der Waals surface area contributed by atoms with Crippen LogP contribution in [0.2, 0.25) is 0 Å². The highest BCUT2D eigenvalue weighted by molar-refractivity contribution is 5.92. The Kier molecular flexibility index (Phi) is 5.21. The van der Waals surface area contributed by atoms with Crippen molar-refractivity contribution in [3.05, 3.63) is 58.7 Å². The highest BCUT2D eigenvalue weighted by Gasteiger charge is 2.08. The van der Waals surface area contributed by atoms with Crippen molar-refractivity contribution in [2.75, 3.05) is 11.9 Å². The number of anilines is 1. The second kappa shape index (κ2) is 7.12. The van der Waals surface area contributed by atoms with Gasteiger partial charge in [0.1, 0.15) is 5.75 Å². The van der Waals surface area contributed by atoms with E-state index in [1.807, 2.05) is 51.1 Å². The van der Waals surface area contributed by atoms with Gasteiger partial charge in [-0.05, 0) is 50.5 Å². The molecule has 0 aromatic heterocycles. The topological polar surface area (TPSA) is 38.3 Å². The molecule has 0 fully saturated rings. The Balaban J connectivity index is 1.88. The standard InChI is InChI=1S/C19H23NO2/c1-13-8-9-17(16(4)12-13)22-11-10-18(21)20-19-14(2)6-5-7-15(19)3/h5-9,12H,10-11H2,1-4H3,(H,20,21). The first kappa shape index (κ1) is 16.1. The third-order valence-corrected chi connectivity index (χ3v) is 3.66. The lowest BCUT2D eigenvalue weighted by Gasteiger charge is -2.12. The van der Waals surface area contributed by atoms with E-state index >= 15 is 0 Å². The molecule has 3 nitrogen and oxygen atoms in total. The number of carbonyl (C=O) groups is 1. The molecular formula is C19H23NO2. The lowest BCUT2D eigenvalue weighted by molar-refractivity contribution is -0.116. The normalized spacial score (nSPS) is 10.4. The van der Waals surface area contributed by atoms with Crippen molar-refractivity contribution in [3.8, 4) is 5.75 Å². The third kappa shape index (κ3) is 4.10. The Hall–Kier alpha value is -2.29. The van der Waals surface area contributed by atoms with Crippen LogP contribution in [0, 0.1) is 27.7 Å². The van der Waals surface area contributed by atoms with Gasteiger partial charge >= 0.3 is 0 Å². The molecule has 2 aromatic rings. The molecule has 0 bridgehead atoms. The van der Waals surface area contributed by atoms with Gasteiger partial charge in [-0.2, -0.15) is 0 Å². The van der Waals surface area contributed by atoms with Gasteiger partial charge in [-0.1, -0.05) is 35.9 Å². The number of amides is 1. The quantitative estimate of drug-likeness (QED) is 0.892. The second-order valence-electron chi connectivity index (χ2n) is 5.68. The summed E-state index contributed by atoms with van der Waals surface area (Å²) in [5, 5.41) is 2.97. The number of rotatable bonds is 5. The second-order valence-corrected chi connectivity index (χ2v) is 5.68. The van der Waals surface area contributed by atoms with Crippen LogP contribution in [0.1, 0.15) is 28.7 Å². The molecule has 116 valence electrons. The molecule has 1 amide bonds. The summed E-state index contributed by atoms with van der Waals surface area (Å²) < 4.78 is 5.70. The Morgan fingerprint density at radius 2 is 1.68 bits per heavy atom. The van der Waals surface area contributed by atoms with E-state index in [1.165, 1.54) is 5.56 Å². The van der Waals surface area contributed by atoms with E-state index in [1.54, 1.807) is 0 Å². The molecule has 22 heavy (non-hydrogen) atoms. The van der Waals surface area contributed by atoms with E-state index in [9.17, 15) is 4.79 Å². The van der Waals surface area contributed by atoms with E-state index in [0.717, 1.165) is 28.1 Å². The predicted octanol–water partition coefficient (Wildman–Crippen LogP) is 4.33. The predicted molar refractivity (Wildman–Crippen MR) is 90.6 cm³/mol. The van der Waals surface area contributed by atoms with Crippen molar-refractivity contribution in [2.24, 2.45) is 0 Å². The fourth-order valence-corrected chi connectivity index (χ4v) is 2.43. The number of benzene rings is 2. The third-order valence-electron chi connectivity index (χ3n) is 3.66. The molecular weight excluding hydrogens is 274 g/mol. The highest BCUT2D eigenvalue weighted by Crippen LogP contribution is 2.20. The summed E-state index contributed by atoms with van der Waals surface area (Å²) in [6.45, 7) is 8.43. The van der Waals surface area contributed by atoms with Crippen LogP contribution < -0.4 is 10.1 Å². The average molecular weight is 297 g/mol. The van der Waals surface area contributed by atoms with Gasteiger partial charge in [0.05, 0.1) is 13.0 Å². The number of ether oxygens (including phenoxy) is 1. The van der Waals surface area contributed by atoms with Gasteiger partial charge in [0, 0.05) is 5.69 Å². The minimum Gasteiger partial charge on any atom is -0.493 e. The Labute approximate surface area is 132 Å². The zero-order valence-corrected chi connectivity index (χ0v) is 13.7. The number of carbonyl (C=O) groups excluding carboxylic acids is 1. The zero-order chi connectivity index (χ0) is 16.1. The summed E-state index contributed by atoms with van der Waals surface area (Å²) in [7, 11) is 0. The first-order valence-corrected chi connectivity index (χ1v) is 7.53. The van der Waals surface area contributed by atoms with Gasteiger partial charge in [-0.3, -0.25) is 4.79 Å². The van der Waals surface area contributed by atoms with Gasteiger partial charge in [-0.15, -0.1) is 0 Å². The van der Waals surface area contributed by atoms with E-state index in [-0.39, 0.29) is 5.91 Å². The molecule has 3 heteroatoms. The van der Waals surface area contributed by atoms with E-state index in [2.05, 4.69) is 18.3 Å². The number of nitrogens with one attached hydrogen (secondary N) is 1. The Morgan fingerprint density at radius 3 is 2.32 bits per heavy atom. The molecule has 1 N–H and O–H groups in total. The van der Waals surface area contributed by atoms with Gasteiger partial charge in [0.15, 0.2) is 0 Å². The minimum absolute atomic E-state index is 0.0258. The van der Waals surface area contributed by atoms with Crippen LogP contribution in [0.25, 0.3) is 0 Å². The Morgan fingerprint density at radius 1 is 1.00 bits per heavy atom. The molecule has 0 radical (unpaired) electrons. The number of hydrogen-bond acceptors (Lipinski definition) is 2. The molecule has 2 aromatic carbocycles. The largest absolute Gasteiger partial charge is 0.493 e. The maximum Gasteiger partial charge on any atom is 0.227 e. The van der Waals surface area contributed by atoms with Crippen molar-refractivity contribution in [2.45, 2.75) is 34.1 Å². The molecule has 0 aliphatic heterocycles. The SMILES string of the molecule is Cc1ccc(OCCC(=O)Nc2c(C)cccc2C)c(C)c1. The number of para-hydroxylation sites is 1. The zero-order valence-electron chi connectivity index (χ0n) is 13.7. The van der Waals surface area contributed by atoms with E-state index in [0.29, 0.717) is 13.0 Å². The number of hydrogen-bond donors (Lipinski definition) is 1. The lowest BCUT2D eigenvalue weighted by Crippen LogP contribution is -2.16. The van der Waals surface area contributed by atoms with Crippen LogP contribution in [-0.4, -0.2) is 12.5 Å². The molecule has 0 unspecified atom stereocenters. The summed E-state index contributed by atoms with van der Waals surface area (Å²) in [6, 6.07) is 12.0. The minimum atomic E-state index is -0.0258. The van der Waals surface area contributed by atoms with Crippen LogP contribution in [0.3, 0.4) is 0 Å². The van der Waals surface area contributed by atoms with Crippen LogP contribution in [0.15, 0.2) is 36.4 Å². The van der Waals surface area contributed by atoms with Gasteiger partial charge in [0.25, 0.3) is 0 Å². The smallest absolute Gasteiger partial charge is 0.227 e. The summed E-state index contributed by atoms with van der Waals surface area (Å²) in [4.78, 5) is 12.1. The van der Waals surface area contributed by atoms with E-state index in [4.69, 9.17) is 4.74 Å². The number of aryl methyl sites for hydroxylation is 4. The van der Waals surface area contributed by atoms with E-state index < -0.39 is 0 Å². The molecule has 0 saturated carbocycles. The molecule has 2 rings (SSSR count). The van der Waals surface area contributed by atoms with Crippen LogP contribution in [0.4, 0.5) is 5.69 Å². The van der Waals surface area contributed by atoms with Crippen LogP contribution in [-0.2, 0) is 4.79 Å². The highest BCUT2D eigenvalue weighted by atomic mass is 16.5. The molecule has 0 aliphatic rings. The van der Waals surface area contributed by atoms with Crippen molar-refractivity contribution in [1.29, 1.82) is 0 Å². The first-order valence-electron chi connectivity index (χ1n) is 7.53. The monoisotopic (exact) mass is 297 g/mol. The molecule has 0 atom stereocenters. The van der Waals surface area contributed by atoms with Crippen molar-refractivity contribution >= 4 is 11.6 Å². The summed E-state index contributed by atoms with van der Waals surface area (Å²) in [5.74, 6) is 0.813. The fourth-order valence-electron chi connectivity index (χ4n) is 2.43. The van der Waals surface area contributed by atoms with Gasteiger partial charge in [-0.25, -0.2) is 0 Å². The summed E-state index contributed by atoms with van der Waals surface area (Å²) in [6.07, 6.45) is 0.334. The van der Waals surface area contributed by atoms with Crippen molar-refractivity contribution in [3.63, 3.8) is 0 Å². The Bertz CT molecular complexity index is 657. The average Bonchev–Trinajstić information content (AvgIpc) is 2.45. The molecule has 0 heterocycles. The van der Waals surface area contributed by atoms with Crippen LogP contribution in [0.5, 0.6) is 5.75 Å². The molecule has 0 aliphatic carbocycles. The maximum absolute atomic E-state index is 12.1. The molecule has 0 saturated heterocycles. The molecule has 0 spiro atoms. The van der Waals surface area contributed by atoms with Crippen molar-refractivity contribution < 1.29 is 9.53 Å².